The number of amides is 1. The molecule has 23 heavy (non-hydrogen) atoms. The van der Waals surface area contributed by atoms with Crippen LogP contribution in [0.4, 0.5) is 8.78 Å². The average molecular weight is 325 g/mol. The summed E-state index contributed by atoms with van der Waals surface area (Å²) in [5.41, 5.74) is -0.696. The zero-order valence-corrected chi connectivity index (χ0v) is 14.1. The molecule has 1 amide bonds. The topological polar surface area (TPSA) is 47.3 Å². The Kier molecular flexibility index (Phi) is 5.10. The molecule has 0 N–H and O–H groups in total. The summed E-state index contributed by atoms with van der Waals surface area (Å²) in [6, 6.07) is 2.09. The maximum absolute atomic E-state index is 13.4. The van der Waals surface area contributed by atoms with Gasteiger partial charge < -0.3 is 4.90 Å². The Hall–Kier alpha value is -1.48. The minimum Gasteiger partial charge on any atom is -0.335 e. The quantitative estimate of drug-likeness (QED) is 0.592. The lowest BCUT2D eigenvalue weighted by atomic mass is 9.97. The fourth-order valence-electron chi connectivity index (χ4n) is 3.37. The molecule has 0 unspecified atom stereocenters. The number of nitriles is 1. The monoisotopic (exact) mass is 325 g/mol. The number of carbonyl (C=O) groups is 1. The summed E-state index contributed by atoms with van der Waals surface area (Å²) < 4.78 is 26.9. The van der Waals surface area contributed by atoms with Crippen molar-refractivity contribution in [1.82, 2.24) is 9.80 Å². The summed E-state index contributed by atoms with van der Waals surface area (Å²) in [4.78, 5) is 16.0. The van der Waals surface area contributed by atoms with Crippen molar-refractivity contribution in [1.29, 1.82) is 5.26 Å². The van der Waals surface area contributed by atoms with E-state index in [1.807, 2.05) is 13.0 Å². The minimum absolute atomic E-state index is 0.0546. The number of piperidine rings is 1. The molecule has 0 spiro atoms. The molecule has 2 aliphatic rings. The maximum atomic E-state index is 13.4. The molecule has 0 saturated carbocycles. The third-order valence-electron chi connectivity index (χ3n) is 4.90. The summed E-state index contributed by atoms with van der Waals surface area (Å²) in [6.45, 7) is 6.13. The number of carbonyl (C=O) groups excluding carboxylic acids is 1. The predicted molar refractivity (Wildman–Crippen MR) is 83.9 cm³/mol. The van der Waals surface area contributed by atoms with E-state index in [9.17, 15) is 18.8 Å². The van der Waals surface area contributed by atoms with E-state index in [2.05, 4.69) is 0 Å². The third-order valence-corrected chi connectivity index (χ3v) is 4.90. The van der Waals surface area contributed by atoms with Crippen molar-refractivity contribution in [3.05, 3.63) is 11.6 Å². The van der Waals surface area contributed by atoms with Gasteiger partial charge in [0.15, 0.2) is 0 Å². The highest BCUT2D eigenvalue weighted by Crippen LogP contribution is 2.33. The van der Waals surface area contributed by atoms with Crippen LogP contribution >= 0.6 is 0 Å². The molecule has 0 aromatic carbocycles. The lowest BCUT2D eigenvalue weighted by molar-refractivity contribution is -0.129. The van der Waals surface area contributed by atoms with Crippen LogP contribution < -0.4 is 0 Å². The SMILES string of the molecule is C[C@@H]1CCCCN1C(=O)/C(C#N)=C/C(C)(C)N1CCC(F)(F)C1. The molecular weight excluding hydrogens is 300 g/mol. The van der Waals surface area contributed by atoms with Crippen molar-refractivity contribution < 1.29 is 13.6 Å². The van der Waals surface area contributed by atoms with Crippen LogP contribution in [-0.2, 0) is 4.79 Å². The van der Waals surface area contributed by atoms with Gasteiger partial charge in [-0.15, -0.1) is 0 Å². The van der Waals surface area contributed by atoms with Crippen LogP contribution in [0.25, 0.3) is 0 Å². The molecule has 128 valence electrons. The number of hydrogen-bond acceptors (Lipinski definition) is 3. The first-order valence-electron chi connectivity index (χ1n) is 8.23. The Morgan fingerprint density at radius 3 is 2.57 bits per heavy atom. The van der Waals surface area contributed by atoms with E-state index >= 15 is 0 Å². The van der Waals surface area contributed by atoms with Gasteiger partial charge in [0.1, 0.15) is 11.6 Å². The lowest BCUT2D eigenvalue weighted by Gasteiger charge is -2.35. The maximum Gasteiger partial charge on any atom is 0.264 e. The van der Waals surface area contributed by atoms with Gasteiger partial charge in [-0.25, -0.2) is 8.78 Å². The van der Waals surface area contributed by atoms with Gasteiger partial charge in [-0.2, -0.15) is 5.26 Å². The van der Waals surface area contributed by atoms with E-state index < -0.39 is 11.5 Å². The molecule has 4 nitrogen and oxygen atoms in total. The van der Waals surface area contributed by atoms with Crippen molar-refractivity contribution in [2.24, 2.45) is 0 Å². The predicted octanol–water partition coefficient (Wildman–Crippen LogP) is 2.96. The van der Waals surface area contributed by atoms with Crippen molar-refractivity contribution >= 4 is 5.91 Å². The second-order valence-corrected chi connectivity index (χ2v) is 7.19. The normalized spacial score (nSPS) is 26.2. The van der Waals surface area contributed by atoms with Crippen molar-refractivity contribution in [2.45, 2.75) is 64.0 Å². The van der Waals surface area contributed by atoms with Crippen LogP contribution in [0.2, 0.25) is 0 Å². The largest absolute Gasteiger partial charge is 0.335 e. The van der Waals surface area contributed by atoms with Gasteiger partial charge in [-0.05, 0) is 46.1 Å². The zero-order valence-electron chi connectivity index (χ0n) is 14.1. The molecule has 0 aromatic rings. The summed E-state index contributed by atoms with van der Waals surface area (Å²) in [7, 11) is 0. The molecule has 0 aromatic heterocycles. The fourth-order valence-corrected chi connectivity index (χ4v) is 3.37. The first-order chi connectivity index (χ1) is 10.7. The van der Waals surface area contributed by atoms with E-state index in [1.54, 1.807) is 29.7 Å². The molecule has 2 saturated heterocycles. The number of halogens is 2. The Labute approximate surface area is 136 Å². The Balaban J connectivity index is 2.17. The Morgan fingerprint density at radius 1 is 1.35 bits per heavy atom. The average Bonchev–Trinajstić information content (AvgIpc) is 2.86. The number of alkyl halides is 2. The molecule has 6 heteroatoms. The van der Waals surface area contributed by atoms with Crippen molar-refractivity contribution in [3.8, 4) is 6.07 Å². The molecule has 2 aliphatic heterocycles. The molecule has 0 radical (unpaired) electrons. The van der Waals surface area contributed by atoms with E-state index in [-0.39, 0.29) is 37.0 Å². The van der Waals surface area contributed by atoms with Crippen LogP contribution in [0, 0.1) is 11.3 Å². The highest BCUT2D eigenvalue weighted by atomic mass is 19.3. The zero-order chi connectivity index (χ0) is 17.3. The van der Waals surface area contributed by atoms with Gasteiger partial charge in [-0.3, -0.25) is 9.69 Å². The smallest absolute Gasteiger partial charge is 0.264 e. The van der Waals surface area contributed by atoms with Crippen LogP contribution in [0.3, 0.4) is 0 Å². The van der Waals surface area contributed by atoms with Gasteiger partial charge in [0, 0.05) is 31.1 Å². The Bertz CT molecular complexity index is 536. The number of nitrogens with zero attached hydrogens (tertiary/aromatic N) is 3. The molecule has 0 aliphatic carbocycles. The summed E-state index contributed by atoms with van der Waals surface area (Å²) in [5, 5.41) is 9.39. The first kappa shape index (κ1) is 17.9. The van der Waals surface area contributed by atoms with E-state index in [0.717, 1.165) is 19.3 Å². The van der Waals surface area contributed by atoms with Crippen LogP contribution in [0.5, 0.6) is 0 Å². The lowest BCUT2D eigenvalue weighted by Crippen LogP contribution is -2.45. The van der Waals surface area contributed by atoms with Crippen LogP contribution in [0.1, 0.15) is 46.5 Å². The van der Waals surface area contributed by atoms with E-state index in [1.165, 1.54) is 0 Å². The minimum atomic E-state index is -2.69. The van der Waals surface area contributed by atoms with Crippen LogP contribution in [-0.4, -0.2) is 52.8 Å². The molecule has 0 bridgehead atoms. The van der Waals surface area contributed by atoms with Gasteiger partial charge in [0.2, 0.25) is 0 Å². The van der Waals surface area contributed by atoms with Crippen LogP contribution in [0.15, 0.2) is 11.6 Å². The number of hydrogen-bond donors (Lipinski definition) is 0. The summed E-state index contributed by atoms with van der Waals surface area (Å²) in [6.07, 6.45) is 4.34. The highest BCUT2D eigenvalue weighted by Gasteiger charge is 2.43. The second kappa shape index (κ2) is 6.56. The number of rotatable bonds is 3. The third kappa shape index (κ3) is 4.08. The van der Waals surface area contributed by atoms with Gasteiger partial charge in [0.25, 0.3) is 11.8 Å². The highest BCUT2D eigenvalue weighted by molar-refractivity contribution is 5.97. The molecule has 1 atom stereocenters. The first-order valence-corrected chi connectivity index (χ1v) is 8.23. The van der Waals surface area contributed by atoms with Gasteiger partial charge in [0.05, 0.1) is 6.54 Å². The van der Waals surface area contributed by atoms with Crippen molar-refractivity contribution in [3.63, 3.8) is 0 Å². The van der Waals surface area contributed by atoms with Gasteiger partial charge in [-0.1, -0.05) is 0 Å². The van der Waals surface area contributed by atoms with Crippen molar-refractivity contribution in [2.75, 3.05) is 19.6 Å². The molecule has 2 heterocycles. The fraction of sp³-hybridized carbons (Fsp3) is 0.765. The van der Waals surface area contributed by atoms with E-state index in [0.29, 0.717) is 6.54 Å². The van der Waals surface area contributed by atoms with E-state index in [4.69, 9.17) is 0 Å². The standard InChI is InChI=1S/C17H25F2N3O/c1-13-6-4-5-8-22(13)15(23)14(11-20)10-16(2,3)21-9-7-17(18,19)12-21/h10,13H,4-9,12H2,1-3H3/b14-10+/t13-/m1/s1. The second-order valence-electron chi connectivity index (χ2n) is 7.19. The van der Waals surface area contributed by atoms with Gasteiger partial charge >= 0.3 is 0 Å². The number of likely N-dealkylation sites (tertiary alicyclic amines) is 2. The molecule has 2 rings (SSSR count). The summed E-state index contributed by atoms with van der Waals surface area (Å²) >= 11 is 0. The Morgan fingerprint density at radius 2 is 2.04 bits per heavy atom. The molecular formula is C17H25F2N3O. The summed E-state index contributed by atoms with van der Waals surface area (Å²) in [5.74, 6) is -2.97. The molecule has 2 fully saturated rings.